The highest BCUT2D eigenvalue weighted by atomic mass is 16.2. The maximum atomic E-state index is 13.1. The third-order valence-corrected chi connectivity index (χ3v) is 6.84. The van der Waals surface area contributed by atoms with E-state index >= 15 is 0 Å². The maximum absolute atomic E-state index is 13.1. The van der Waals surface area contributed by atoms with Gasteiger partial charge in [0.15, 0.2) is 5.96 Å². The van der Waals surface area contributed by atoms with Crippen molar-refractivity contribution in [3.63, 3.8) is 0 Å². The molecule has 1 amide bonds. The van der Waals surface area contributed by atoms with Crippen LogP contribution >= 0.6 is 0 Å². The topological polar surface area (TPSA) is 135 Å². The van der Waals surface area contributed by atoms with Crippen LogP contribution in [0.2, 0.25) is 0 Å². The molecule has 3 aromatic rings. The molecular formula is C28H38N8O. The molecule has 9 nitrogen and oxygen atoms in total. The summed E-state index contributed by atoms with van der Waals surface area (Å²) in [5.41, 5.74) is 15.6. The zero-order valence-electron chi connectivity index (χ0n) is 22.0. The fourth-order valence-electron chi connectivity index (χ4n) is 4.93. The van der Waals surface area contributed by atoms with Gasteiger partial charge in [0.1, 0.15) is 5.82 Å². The molecule has 1 aliphatic rings. The van der Waals surface area contributed by atoms with Gasteiger partial charge in [-0.15, -0.1) is 0 Å². The Morgan fingerprint density at radius 3 is 2.62 bits per heavy atom. The van der Waals surface area contributed by atoms with Crippen molar-refractivity contribution in [2.24, 2.45) is 16.5 Å². The predicted molar refractivity (Wildman–Crippen MR) is 151 cm³/mol. The number of likely N-dealkylation sites (N-methyl/N-ethyl adjacent to an activating group) is 1. The van der Waals surface area contributed by atoms with Crippen LogP contribution in [0.15, 0.2) is 47.5 Å². The second-order valence-electron chi connectivity index (χ2n) is 9.75. The van der Waals surface area contributed by atoms with E-state index in [1.54, 1.807) is 0 Å². The number of amides is 1. The van der Waals surface area contributed by atoms with Crippen LogP contribution in [0.3, 0.4) is 0 Å². The summed E-state index contributed by atoms with van der Waals surface area (Å²) in [4.78, 5) is 29.1. The Hall–Kier alpha value is -3.88. The number of hydrogen-bond donors (Lipinski definition) is 4. The lowest BCUT2D eigenvalue weighted by Gasteiger charge is -2.30. The van der Waals surface area contributed by atoms with E-state index in [1.807, 2.05) is 25.1 Å². The third-order valence-electron chi connectivity index (χ3n) is 6.84. The zero-order chi connectivity index (χ0) is 26.4. The van der Waals surface area contributed by atoms with Gasteiger partial charge in [-0.3, -0.25) is 4.79 Å². The summed E-state index contributed by atoms with van der Waals surface area (Å²) < 4.78 is 0. The number of aliphatic imine (C=N–C) groups is 1. The molecule has 37 heavy (non-hydrogen) atoms. The van der Waals surface area contributed by atoms with Crippen molar-refractivity contribution in [1.29, 1.82) is 0 Å². The highest BCUT2D eigenvalue weighted by Gasteiger charge is 2.26. The van der Waals surface area contributed by atoms with Gasteiger partial charge in [-0.25, -0.2) is 15.0 Å². The van der Waals surface area contributed by atoms with E-state index < -0.39 is 0 Å². The molecular weight excluding hydrogens is 464 g/mol. The van der Waals surface area contributed by atoms with Crippen molar-refractivity contribution in [2.75, 3.05) is 29.9 Å². The average Bonchev–Trinajstić information content (AvgIpc) is 2.87. The summed E-state index contributed by atoms with van der Waals surface area (Å²) in [6, 6.07) is 14.3. The number of nitrogens with one attached hydrogen (secondary N) is 2. The molecule has 0 spiro atoms. The first-order valence-electron chi connectivity index (χ1n) is 13.1. The number of aryl methyl sites for hydroxylation is 2. The van der Waals surface area contributed by atoms with Crippen molar-refractivity contribution in [2.45, 2.75) is 58.5 Å². The molecule has 9 heteroatoms. The van der Waals surface area contributed by atoms with E-state index in [0.29, 0.717) is 18.9 Å². The number of hydrogen-bond acceptors (Lipinski definition) is 6. The van der Waals surface area contributed by atoms with Gasteiger partial charge < -0.3 is 27.0 Å². The van der Waals surface area contributed by atoms with Gasteiger partial charge in [-0.05, 0) is 63.4 Å². The molecule has 0 bridgehead atoms. The van der Waals surface area contributed by atoms with Crippen molar-refractivity contribution in [3.05, 3.63) is 59.4 Å². The molecule has 196 valence electrons. The lowest BCUT2D eigenvalue weighted by Crippen LogP contribution is -2.39. The van der Waals surface area contributed by atoms with Gasteiger partial charge in [0.05, 0.1) is 17.6 Å². The standard InChI is InChI=1S/C28H38N8O/c1-4-36(20-9-7-8-18(2)16-20)15-14-31-27(37)26-32-22-13-12-19(3)17-21(22)25(35-26)33-23-10-5-6-11-24(23)34-28(29)30/h7-9,12-13,16-17,23-24H,4-6,10-11,14-15H2,1-3H3,(H,31,37)(H4,29,30,34)(H,32,33,35). The molecule has 2 aromatic carbocycles. The first-order valence-corrected chi connectivity index (χ1v) is 13.1. The third kappa shape index (κ3) is 6.67. The molecule has 0 aliphatic heterocycles. The minimum Gasteiger partial charge on any atom is -0.370 e. The molecule has 0 saturated heterocycles. The molecule has 0 radical (unpaired) electrons. The van der Waals surface area contributed by atoms with Gasteiger partial charge in [-0.1, -0.05) is 36.6 Å². The fourth-order valence-corrected chi connectivity index (χ4v) is 4.93. The first-order chi connectivity index (χ1) is 17.8. The predicted octanol–water partition coefficient (Wildman–Crippen LogP) is 3.50. The van der Waals surface area contributed by atoms with Crippen LogP contribution in [0.25, 0.3) is 10.9 Å². The molecule has 2 unspecified atom stereocenters. The second kappa shape index (κ2) is 11.9. The summed E-state index contributed by atoms with van der Waals surface area (Å²) in [7, 11) is 0. The Labute approximate surface area is 218 Å². The number of anilines is 2. The summed E-state index contributed by atoms with van der Waals surface area (Å²) in [6.07, 6.45) is 3.98. The second-order valence-corrected chi connectivity index (χ2v) is 9.75. The van der Waals surface area contributed by atoms with E-state index in [1.165, 1.54) is 5.56 Å². The number of carbonyl (C=O) groups is 1. The number of nitrogens with zero attached hydrogens (tertiary/aromatic N) is 4. The molecule has 1 saturated carbocycles. The fraction of sp³-hybridized carbons (Fsp3) is 0.429. The molecule has 2 atom stereocenters. The SMILES string of the molecule is CCN(CCNC(=O)c1nc(NC2CCCCC2N=C(N)N)c2cc(C)ccc2n1)c1cccc(C)c1. The number of fused-ring (bicyclic) bond motifs is 1. The Kier molecular flexibility index (Phi) is 8.43. The van der Waals surface area contributed by atoms with Crippen LogP contribution in [-0.4, -0.2) is 53.6 Å². The molecule has 4 rings (SSSR count). The number of guanidine groups is 1. The Morgan fingerprint density at radius 1 is 1.08 bits per heavy atom. The molecule has 1 aromatic heterocycles. The monoisotopic (exact) mass is 502 g/mol. The molecule has 1 heterocycles. The number of nitrogens with two attached hydrogens (primary N) is 2. The van der Waals surface area contributed by atoms with Crippen molar-refractivity contribution < 1.29 is 4.79 Å². The molecule has 1 aliphatic carbocycles. The molecule has 1 fully saturated rings. The lowest BCUT2D eigenvalue weighted by molar-refractivity contribution is 0.0944. The minimum atomic E-state index is -0.296. The van der Waals surface area contributed by atoms with E-state index in [-0.39, 0.29) is 29.8 Å². The van der Waals surface area contributed by atoms with Gasteiger partial charge in [0.25, 0.3) is 5.91 Å². The van der Waals surface area contributed by atoms with Crippen LogP contribution in [0, 0.1) is 13.8 Å². The highest BCUT2D eigenvalue weighted by Crippen LogP contribution is 2.28. The van der Waals surface area contributed by atoms with Crippen molar-refractivity contribution >= 4 is 34.3 Å². The first kappa shape index (κ1) is 26.2. The maximum Gasteiger partial charge on any atom is 0.289 e. The van der Waals surface area contributed by atoms with Crippen LogP contribution < -0.4 is 27.0 Å². The molecule has 6 N–H and O–H groups in total. The number of aromatic nitrogens is 2. The van der Waals surface area contributed by atoms with Crippen LogP contribution in [0.1, 0.15) is 54.4 Å². The van der Waals surface area contributed by atoms with Crippen molar-refractivity contribution in [3.8, 4) is 0 Å². The van der Waals surface area contributed by atoms with Gasteiger partial charge in [0.2, 0.25) is 5.82 Å². The largest absolute Gasteiger partial charge is 0.370 e. The zero-order valence-corrected chi connectivity index (χ0v) is 22.0. The summed E-state index contributed by atoms with van der Waals surface area (Å²) in [5, 5.41) is 7.43. The smallest absolute Gasteiger partial charge is 0.289 e. The van der Waals surface area contributed by atoms with Crippen molar-refractivity contribution in [1.82, 2.24) is 15.3 Å². The quantitative estimate of drug-likeness (QED) is 0.260. The lowest BCUT2D eigenvalue weighted by atomic mass is 9.90. The van der Waals surface area contributed by atoms with Gasteiger partial charge in [0, 0.05) is 30.7 Å². The summed E-state index contributed by atoms with van der Waals surface area (Å²) in [6.45, 7) is 8.23. The average molecular weight is 503 g/mol. The normalized spacial score (nSPS) is 17.3. The summed E-state index contributed by atoms with van der Waals surface area (Å²) >= 11 is 0. The van der Waals surface area contributed by atoms with Crippen LogP contribution in [0.4, 0.5) is 11.5 Å². The minimum absolute atomic E-state index is 0.0258. The van der Waals surface area contributed by atoms with E-state index in [4.69, 9.17) is 11.5 Å². The Bertz CT molecular complexity index is 1270. The van der Waals surface area contributed by atoms with E-state index in [9.17, 15) is 4.79 Å². The Balaban J connectivity index is 1.53. The number of carbonyl (C=O) groups excluding carboxylic acids is 1. The number of benzene rings is 2. The van der Waals surface area contributed by atoms with Crippen LogP contribution in [-0.2, 0) is 0 Å². The number of rotatable bonds is 9. The van der Waals surface area contributed by atoms with E-state index in [0.717, 1.165) is 54.4 Å². The van der Waals surface area contributed by atoms with Gasteiger partial charge in [-0.2, -0.15) is 0 Å². The van der Waals surface area contributed by atoms with Gasteiger partial charge >= 0.3 is 0 Å². The van der Waals surface area contributed by atoms with Crippen LogP contribution in [0.5, 0.6) is 0 Å². The Morgan fingerprint density at radius 2 is 1.86 bits per heavy atom. The highest BCUT2D eigenvalue weighted by molar-refractivity contribution is 5.96. The van der Waals surface area contributed by atoms with E-state index in [2.05, 4.69) is 68.6 Å². The summed E-state index contributed by atoms with van der Waals surface area (Å²) in [5.74, 6) is 0.576.